The molecule has 1 N–H and O–H groups in total. The molecule has 1 heterocycles. The number of benzene rings is 2. The number of halogens is 1. The highest BCUT2D eigenvalue weighted by Crippen LogP contribution is 2.30. The van der Waals surface area contributed by atoms with Gasteiger partial charge in [-0.25, -0.2) is 18.1 Å². The molecular weight excluding hydrogens is 438 g/mol. The number of nitro benzene ring substituents is 1. The van der Waals surface area contributed by atoms with Crippen LogP contribution in [0.4, 0.5) is 5.69 Å². The number of rotatable bonds is 6. The molecule has 0 unspecified atom stereocenters. The van der Waals surface area contributed by atoms with Crippen molar-refractivity contribution < 1.29 is 18.1 Å². The van der Waals surface area contributed by atoms with Crippen LogP contribution < -0.4 is 4.72 Å². The number of hydrogen-bond acceptors (Lipinski definition) is 7. The zero-order chi connectivity index (χ0) is 21.2. The predicted octanol–water partition coefficient (Wildman–Crippen LogP) is 3.73. The van der Waals surface area contributed by atoms with Crippen LogP contribution in [0.1, 0.15) is 11.3 Å². The Bertz CT molecular complexity index is 1210. The van der Waals surface area contributed by atoms with Crippen LogP contribution in [0.5, 0.6) is 0 Å². The predicted molar refractivity (Wildman–Crippen MR) is 109 cm³/mol. The van der Waals surface area contributed by atoms with Crippen LogP contribution in [0.2, 0.25) is 5.02 Å². The van der Waals surface area contributed by atoms with Crippen molar-refractivity contribution in [1.82, 2.24) is 9.71 Å². The zero-order valence-electron chi connectivity index (χ0n) is 15.0. The van der Waals surface area contributed by atoms with Crippen molar-refractivity contribution in [3.8, 4) is 10.6 Å². The summed E-state index contributed by atoms with van der Waals surface area (Å²) in [5.74, 6) is -0.765. The number of carbonyl (C=O) groups excluding carboxylic acids is 1. The van der Waals surface area contributed by atoms with Gasteiger partial charge >= 0.3 is 0 Å². The van der Waals surface area contributed by atoms with Gasteiger partial charge in [-0.05, 0) is 24.6 Å². The Balaban J connectivity index is 1.74. The normalized spacial score (nSPS) is 11.2. The lowest BCUT2D eigenvalue weighted by atomic mass is 10.2. The Morgan fingerprint density at radius 3 is 2.66 bits per heavy atom. The number of nitrogens with one attached hydrogen (secondary N) is 1. The van der Waals surface area contributed by atoms with Crippen LogP contribution in [-0.4, -0.2) is 24.2 Å². The van der Waals surface area contributed by atoms with E-state index in [9.17, 15) is 23.3 Å². The van der Waals surface area contributed by atoms with Crippen LogP contribution >= 0.6 is 22.9 Å². The molecule has 3 aromatic rings. The minimum absolute atomic E-state index is 0.161. The van der Waals surface area contributed by atoms with E-state index in [0.717, 1.165) is 23.8 Å². The van der Waals surface area contributed by atoms with E-state index in [-0.39, 0.29) is 22.6 Å². The molecule has 29 heavy (non-hydrogen) atoms. The second-order valence-corrected chi connectivity index (χ2v) is 8.95. The van der Waals surface area contributed by atoms with E-state index in [1.165, 1.54) is 18.3 Å². The zero-order valence-corrected chi connectivity index (χ0v) is 17.3. The van der Waals surface area contributed by atoms with E-state index in [4.69, 9.17) is 11.6 Å². The van der Waals surface area contributed by atoms with Gasteiger partial charge in [0.2, 0.25) is 5.91 Å². The van der Waals surface area contributed by atoms with Crippen molar-refractivity contribution in [2.24, 2.45) is 0 Å². The summed E-state index contributed by atoms with van der Waals surface area (Å²) >= 11 is 7.43. The third kappa shape index (κ3) is 4.78. The van der Waals surface area contributed by atoms with Gasteiger partial charge in [0.15, 0.2) is 0 Å². The van der Waals surface area contributed by atoms with Gasteiger partial charge in [-0.2, -0.15) is 0 Å². The standard InChI is InChI=1S/C18H14ClN3O5S2/c1-11-8-13(22(24)25)6-7-16(11)29(26,27)21-17(23)9-12-10-28-18(20-12)14-4-2-3-5-15(14)19/h2-8,10H,9H2,1H3,(H,21,23). The number of sulfonamides is 1. The van der Waals surface area contributed by atoms with Gasteiger partial charge < -0.3 is 0 Å². The van der Waals surface area contributed by atoms with E-state index in [0.29, 0.717) is 15.7 Å². The van der Waals surface area contributed by atoms with Crippen molar-refractivity contribution in [2.75, 3.05) is 0 Å². The summed E-state index contributed by atoms with van der Waals surface area (Å²) in [7, 11) is -4.17. The van der Waals surface area contributed by atoms with Gasteiger partial charge in [-0.15, -0.1) is 11.3 Å². The molecule has 0 fully saturated rings. The number of non-ortho nitro benzene ring substituents is 1. The molecule has 0 saturated heterocycles. The van der Waals surface area contributed by atoms with Crippen molar-refractivity contribution in [2.45, 2.75) is 18.2 Å². The van der Waals surface area contributed by atoms with Gasteiger partial charge in [0, 0.05) is 23.1 Å². The lowest BCUT2D eigenvalue weighted by Gasteiger charge is -2.08. The van der Waals surface area contributed by atoms with E-state index < -0.39 is 20.9 Å². The first-order valence-electron chi connectivity index (χ1n) is 8.17. The maximum absolute atomic E-state index is 12.5. The maximum Gasteiger partial charge on any atom is 0.269 e. The fourth-order valence-corrected chi connectivity index (χ4v) is 4.95. The molecule has 150 valence electrons. The number of nitro groups is 1. The molecule has 2 aromatic carbocycles. The molecule has 0 saturated carbocycles. The average molecular weight is 452 g/mol. The molecule has 0 aliphatic carbocycles. The number of hydrogen-bond donors (Lipinski definition) is 1. The Kier molecular flexibility index (Phi) is 5.96. The summed E-state index contributed by atoms with van der Waals surface area (Å²) in [6, 6.07) is 10.4. The molecule has 0 aliphatic rings. The second-order valence-electron chi connectivity index (χ2n) is 6.04. The molecule has 0 bridgehead atoms. The monoisotopic (exact) mass is 451 g/mol. The van der Waals surface area contributed by atoms with Crippen LogP contribution in [0.3, 0.4) is 0 Å². The largest absolute Gasteiger partial charge is 0.274 e. The third-order valence-corrected chi connectivity index (χ3v) is 6.69. The lowest BCUT2D eigenvalue weighted by Crippen LogP contribution is -2.32. The molecule has 0 atom stereocenters. The van der Waals surface area contributed by atoms with Gasteiger partial charge in [0.1, 0.15) is 5.01 Å². The Hall–Kier alpha value is -2.82. The number of aromatic nitrogens is 1. The molecule has 1 aromatic heterocycles. The molecule has 8 nitrogen and oxygen atoms in total. The van der Waals surface area contributed by atoms with Crippen molar-refractivity contribution in [3.63, 3.8) is 0 Å². The van der Waals surface area contributed by atoms with Crippen molar-refractivity contribution in [3.05, 3.63) is 74.2 Å². The fourth-order valence-electron chi connectivity index (χ4n) is 2.60. The molecule has 0 spiro atoms. The Morgan fingerprint density at radius 2 is 2.00 bits per heavy atom. The number of thiazole rings is 1. The van der Waals surface area contributed by atoms with E-state index >= 15 is 0 Å². The molecule has 0 radical (unpaired) electrons. The summed E-state index contributed by atoms with van der Waals surface area (Å²) < 4.78 is 26.9. The highest BCUT2D eigenvalue weighted by Gasteiger charge is 2.22. The minimum Gasteiger partial charge on any atom is -0.274 e. The summed E-state index contributed by atoms with van der Waals surface area (Å²) in [6.07, 6.45) is -0.244. The fraction of sp³-hybridized carbons (Fsp3) is 0.111. The first kappa shape index (κ1) is 20.9. The highest BCUT2D eigenvalue weighted by molar-refractivity contribution is 7.90. The van der Waals surface area contributed by atoms with Crippen LogP contribution in [0.25, 0.3) is 10.6 Å². The van der Waals surface area contributed by atoms with Crippen molar-refractivity contribution in [1.29, 1.82) is 0 Å². The number of carbonyl (C=O) groups is 1. The smallest absolute Gasteiger partial charge is 0.269 e. The Labute approximate surface area is 175 Å². The van der Waals surface area contributed by atoms with Gasteiger partial charge in [0.05, 0.1) is 27.0 Å². The van der Waals surface area contributed by atoms with Crippen LogP contribution in [0.15, 0.2) is 52.7 Å². The highest BCUT2D eigenvalue weighted by atomic mass is 35.5. The van der Waals surface area contributed by atoms with E-state index in [1.807, 2.05) is 10.8 Å². The first-order valence-corrected chi connectivity index (χ1v) is 10.9. The van der Waals surface area contributed by atoms with Gasteiger partial charge in [-0.1, -0.05) is 29.8 Å². The third-order valence-electron chi connectivity index (χ3n) is 3.90. The van der Waals surface area contributed by atoms with Gasteiger partial charge in [0.25, 0.3) is 15.7 Å². The molecule has 11 heteroatoms. The average Bonchev–Trinajstić information content (AvgIpc) is 3.09. The van der Waals surface area contributed by atoms with Gasteiger partial charge in [-0.3, -0.25) is 14.9 Å². The topological polar surface area (TPSA) is 119 Å². The summed E-state index contributed by atoms with van der Waals surface area (Å²) in [5.41, 5.74) is 1.05. The second kappa shape index (κ2) is 8.27. The molecule has 0 aliphatic heterocycles. The SMILES string of the molecule is Cc1cc([N+](=O)[O-])ccc1S(=O)(=O)NC(=O)Cc1csc(-c2ccccc2Cl)n1. The minimum atomic E-state index is -4.17. The number of nitrogens with zero attached hydrogens (tertiary/aromatic N) is 2. The van der Waals surface area contributed by atoms with Crippen LogP contribution in [-0.2, 0) is 21.2 Å². The lowest BCUT2D eigenvalue weighted by molar-refractivity contribution is -0.385. The molecule has 3 rings (SSSR count). The maximum atomic E-state index is 12.5. The quantitative estimate of drug-likeness (QED) is 0.450. The van der Waals surface area contributed by atoms with E-state index in [2.05, 4.69) is 4.98 Å². The number of aryl methyl sites for hydroxylation is 1. The molecular formula is C18H14ClN3O5S2. The first-order chi connectivity index (χ1) is 13.7. The number of amides is 1. The summed E-state index contributed by atoms with van der Waals surface area (Å²) in [5, 5.41) is 13.6. The summed E-state index contributed by atoms with van der Waals surface area (Å²) in [4.78, 5) is 26.5. The van der Waals surface area contributed by atoms with Crippen molar-refractivity contribution >= 4 is 44.6 Å². The molecule has 1 amide bonds. The van der Waals surface area contributed by atoms with E-state index in [1.54, 1.807) is 23.6 Å². The Morgan fingerprint density at radius 1 is 1.28 bits per heavy atom. The van der Waals surface area contributed by atoms with Crippen LogP contribution in [0, 0.1) is 17.0 Å². The summed E-state index contributed by atoms with van der Waals surface area (Å²) in [6.45, 7) is 1.42.